The predicted octanol–water partition coefficient (Wildman–Crippen LogP) is 3.99. The maximum atomic E-state index is 12.5. The summed E-state index contributed by atoms with van der Waals surface area (Å²) in [5, 5.41) is 0. The zero-order valence-electron chi connectivity index (χ0n) is 6.90. The van der Waals surface area contributed by atoms with Crippen LogP contribution in [-0.4, -0.2) is 18.0 Å². The van der Waals surface area contributed by atoms with Crippen molar-refractivity contribution >= 4 is 0 Å². The third-order valence-electron chi connectivity index (χ3n) is 1.39. The molecule has 0 bridgehead atoms. The van der Waals surface area contributed by atoms with Crippen LogP contribution in [0.1, 0.15) is 6.92 Å². The van der Waals surface area contributed by atoms with Gasteiger partial charge in [-0.2, -0.15) is 30.7 Å². The van der Waals surface area contributed by atoms with Crippen LogP contribution < -0.4 is 0 Å². The van der Waals surface area contributed by atoms with Gasteiger partial charge >= 0.3 is 12.4 Å². The Kier molecular flexibility index (Phi) is 3.39. The van der Waals surface area contributed by atoms with E-state index in [4.69, 9.17) is 0 Å². The topological polar surface area (TPSA) is 0 Å². The molecule has 0 saturated heterocycles. The molecule has 0 amide bonds. The summed E-state index contributed by atoms with van der Waals surface area (Å²) >= 11 is 0. The van der Waals surface area contributed by atoms with Crippen LogP contribution in [0.25, 0.3) is 0 Å². The first-order chi connectivity index (χ1) is 6.32. The van der Waals surface area contributed by atoms with Crippen molar-refractivity contribution in [2.45, 2.75) is 24.9 Å². The van der Waals surface area contributed by atoms with Crippen LogP contribution in [0.5, 0.6) is 0 Å². The molecule has 0 aliphatic carbocycles. The summed E-state index contributed by atoms with van der Waals surface area (Å²) in [5.41, 5.74) is -5.01. The molecule has 0 N–H and O–H groups in total. The Hall–Kier alpha value is -0.890. The second-order valence-electron chi connectivity index (χ2n) is 2.63. The van der Waals surface area contributed by atoms with Crippen molar-refractivity contribution in [3.05, 3.63) is 11.7 Å². The molecular weight excluding hydrogens is 243 g/mol. The van der Waals surface area contributed by atoms with E-state index in [9.17, 15) is 39.5 Å². The molecule has 0 nitrogen and oxygen atoms in total. The highest BCUT2D eigenvalue weighted by Crippen LogP contribution is 2.44. The third kappa shape index (κ3) is 2.78. The maximum absolute atomic E-state index is 12.5. The Morgan fingerprint density at radius 2 is 1.07 bits per heavy atom. The van der Waals surface area contributed by atoms with E-state index in [1.165, 1.54) is 0 Å². The van der Waals surface area contributed by atoms with Crippen LogP contribution in [0, 0.1) is 0 Å². The molecule has 0 spiro atoms. The Balaban J connectivity index is 5.44. The first-order valence-electron chi connectivity index (χ1n) is 3.20. The molecule has 15 heavy (non-hydrogen) atoms. The van der Waals surface area contributed by atoms with E-state index >= 15 is 0 Å². The molecule has 0 aliphatic heterocycles. The highest BCUT2D eigenvalue weighted by Gasteiger charge is 2.59. The minimum atomic E-state index is -6.00. The minimum Gasteiger partial charge on any atom is -0.226 e. The molecule has 0 heterocycles. The van der Waals surface area contributed by atoms with Crippen molar-refractivity contribution in [3.63, 3.8) is 0 Å². The van der Waals surface area contributed by atoms with Gasteiger partial charge in [-0.05, 0) is 6.92 Å². The van der Waals surface area contributed by atoms with Crippen LogP contribution >= 0.6 is 0 Å². The molecule has 0 aliphatic rings. The molecule has 0 saturated carbocycles. The van der Waals surface area contributed by atoms with Crippen LogP contribution in [0.2, 0.25) is 0 Å². The second kappa shape index (κ2) is 3.60. The molecule has 0 aromatic carbocycles. The molecule has 9 heteroatoms. The highest BCUT2D eigenvalue weighted by atomic mass is 19.4. The average Bonchev–Trinajstić information content (AvgIpc) is 1.97. The largest absolute Gasteiger partial charge is 0.445 e. The van der Waals surface area contributed by atoms with E-state index < -0.39 is 36.6 Å². The molecular formula is C6H3F9. The monoisotopic (exact) mass is 246 g/mol. The molecule has 1 unspecified atom stereocenters. The van der Waals surface area contributed by atoms with Crippen LogP contribution in [0.3, 0.4) is 0 Å². The summed E-state index contributed by atoms with van der Waals surface area (Å²) < 4.78 is 106. The molecule has 0 fully saturated rings. The van der Waals surface area contributed by atoms with E-state index in [1.807, 2.05) is 0 Å². The van der Waals surface area contributed by atoms with Gasteiger partial charge in [-0.25, -0.2) is 8.78 Å². The molecule has 0 radical (unpaired) electrons. The first-order valence-corrected chi connectivity index (χ1v) is 3.20. The Bertz CT molecular complexity index is 265. The molecule has 90 valence electrons. The maximum Gasteiger partial charge on any atom is 0.445 e. The second-order valence-corrected chi connectivity index (χ2v) is 2.63. The van der Waals surface area contributed by atoms with Crippen molar-refractivity contribution in [3.8, 4) is 0 Å². The lowest BCUT2D eigenvalue weighted by Crippen LogP contribution is -2.39. The fourth-order valence-electron chi connectivity index (χ4n) is 0.455. The van der Waals surface area contributed by atoms with Crippen LogP contribution in [0.15, 0.2) is 11.7 Å². The van der Waals surface area contributed by atoms with Crippen LogP contribution in [0.4, 0.5) is 39.5 Å². The van der Waals surface area contributed by atoms with Gasteiger partial charge in [0.2, 0.25) is 5.83 Å². The van der Waals surface area contributed by atoms with E-state index in [0.29, 0.717) is 0 Å². The molecule has 1 atom stereocenters. The van der Waals surface area contributed by atoms with Gasteiger partial charge in [0.25, 0.3) is 5.67 Å². The summed E-state index contributed by atoms with van der Waals surface area (Å²) in [7, 11) is 0. The standard InChI is InChI=1S/C6H3F9/c1-4(9,6(13,14)15)2(7)3(8)5(10,11)12/h1H3/b3-2+. The predicted molar refractivity (Wildman–Crippen MR) is 30.9 cm³/mol. The molecule has 0 aromatic heterocycles. The summed E-state index contributed by atoms with van der Waals surface area (Å²) in [6.45, 7) is -0.548. The smallest absolute Gasteiger partial charge is 0.226 e. The molecule has 0 aromatic rings. The average molecular weight is 246 g/mol. The number of halogens is 9. The van der Waals surface area contributed by atoms with Gasteiger partial charge in [-0.3, -0.25) is 0 Å². The van der Waals surface area contributed by atoms with Crippen molar-refractivity contribution in [2.75, 3.05) is 0 Å². The summed E-state index contributed by atoms with van der Waals surface area (Å²) in [6, 6.07) is 0. The normalized spacial score (nSPS) is 19.6. The van der Waals surface area contributed by atoms with Gasteiger partial charge in [0.05, 0.1) is 0 Å². The lowest BCUT2D eigenvalue weighted by atomic mass is 10.1. The van der Waals surface area contributed by atoms with Gasteiger partial charge < -0.3 is 0 Å². The van der Waals surface area contributed by atoms with Crippen molar-refractivity contribution < 1.29 is 39.5 Å². The van der Waals surface area contributed by atoms with Gasteiger partial charge in [0, 0.05) is 0 Å². The number of hydrogen-bond acceptors (Lipinski definition) is 0. The van der Waals surface area contributed by atoms with Crippen molar-refractivity contribution in [1.29, 1.82) is 0 Å². The Morgan fingerprint density at radius 3 is 1.27 bits per heavy atom. The van der Waals surface area contributed by atoms with Crippen molar-refractivity contribution in [2.24, 2.45) is 0 Å². The first kappa shape index (κ1) is 14.1. The third-order valence-corrected chi connectivity index (χ3v) is 1.39. The lowest BCUT2D eigenvalue weighted by molar-refractivity contribution is -0.217. The Labute approximate surface area is 77.4 Å². The van der Waals surface area contributed by atoms with Gasteiger partial charge in [-0.1, -0.05) is 0 Å². The fourth-order valence-corrected chi connectivity index (χ4v) is 0.455. The van der Waals surface area contributed by atoms with E-state index in [0.717, 1.165) is 0 Å². The zero-order chi connectivity index (χ0) is 12.7. The summed E-state index contributed by atoms with van der Waals surface area (Å²) in [5.74, 6) is -7.27. The van der Waals surface area contributed by atoms with Gasteiger partial charge in [0.1, 0.15) is 0 Å². The summed E-state index contributed by atoms with van der Waals surface area (Å²) in [6.07, 6.45) is -12.0. The zero-order valence-corrected chi connectivity index (χ0v) is 6.90. The van der Waals surface area contributed by atoms with E-state index in [2.05, 4.69) is 0 Å². The quantitative estimate of drug-likeness (QED) is 0.613. The fraction of sp³-hybridized carbons (Fsp3) is 0.667. The van der Waals surface area contributed by atoms with Crippen molar-refractivity contribution in [1.82, 2.24) is 0 Å². The Morgan fingerprint density at radius 1 is 0.733 bits per heavy atom. The summed E-state index contributed by atoms with van der Waals surface area (Å²) in [4.78, 5) is 0. The highest BCUT2D eigenvalue weighted by molar-refractivity contribution is 5.18. The lowest BCUT2D eigenvalue weighted by Gasteiger charge is -2.22. The number of allylic oxidation sites excluding steroid dienone is 2. The van der Waals surface area contributed by atoms with E-state index in [1.54, 1.807) is 0 Å². The number of alkyl halides is 7. The number of hydrogen-bond donors (Lipinski definition) is 0. The van der Waals surface area contributed by atoms with Crippen LogP contribution in [-0.2, 0) is 0 Å². The minimum absolute atomic E-state index is 0.548. The number of rotatable bonds is 1. The van der Waals surface area contributed by atoms with E-state index in [-0.39, 0.29) is 0 Å². The van der Waals surface area contributed by atoms with Gasteiger partial charge in [-0.15, -0.1) is 0 Å². The molecule has 0 rings (SSSR count). The SMILES string of the molecule is CC(F)(/C(F)=C(\F)C(F)(F)F)C(F)(F)F. The van der Waals surface area contributed by atoms with Gasteiger partial charge in [0.15, 0.2) is 5.83 Å².